The van der Waals surface area contributed by atoms with Crippen LogP contribution in [-0.2, 0) is 16.8 Å². The second-order valence-corrected chi connectivity index (χ2v) is 9.07. The Morgan fingerprint density at radius 3 is 2.15 bits per heavy atom. The molecule has 0 saturated carbocycles. The summed E-state index contributed by atoms with van der Waals surface area (Å²) in [5, 5.41) is 10.9. The van der Waals surface area contributed by atoms with Crippen molar-refractivity contribution in [3.05, 3.63) is 100 Å². The molecule has 172 valence electrons. The number of hydrogen-bond acceptors (Lipinski definition) is 4. The normalized spacial score (nSPS) is 11.3. The van der Waals surface area contributed by atoms with Crippen molar-refractivity contribution in [1.29, 1.82) is 0 Å². The number of fused-ring (bicyclic) bond motifs is 1. The highest BCUT2D eigenvalue weighted by Gasteiger charge is 2.16. The molecular formula is C27H26N4O3. The third kappa shape index (κ3) is 5.04. The van der Waals surface area contributed by atoms with Gasteiger partial charge in [-0.2, -0.15) is 5.10 Å². The number of amides is 2. The van der Waals surface area contributed by atoms with E-state index in [9.17, 15) is 14.4 Å². The first kappa shape index (κ1) is 22.9. The lowest BCUT2D eigenvalue weighted by Gasteiger charge is -2.19. The van der Waals surface area contributed by atoms with Gasteiger partial charge in [-0.05, 0) is 41.3 Å². The van der Waals surface area contributed by atoms with Crippen LogP contribution in [0.2, 0.25) is 0 Å². The minimum atomic E-state index is -0.430. The number of anilines is 2. The van der Waals surface area contributed by atoms with Crippen LogP contribution in [0, 0.1) is 0 Å². The zero-order valence-corrected chi connectivity index (χ0v) is 19.3. The van der Waals surface area contributed by atoms with E-state index in [1.54, 1.807) is 60.8 Å². The van der Waals surface area contributed by atoms with Crippen molar-refractivity contribution in [2.45, 2.75) is 32.7 Å². The Morgan fingerprint density at radius 2 is 1.47 bits per heavy atom. The lowest BCUT2D eigenvalue weighted by atomic mass is 9.87. The minimum Gasteiger partial charge on any atom is -0.323 e. The standard InChI is InChI=1S/C27H26N4O3/c1-27(2,3)20-14-12-18(13-15-20)25(33)30-23-11-7-6-10-22(23)29-24(32)17-31-26(34)21-9-5-4-8-19(21)16-28-31/h4-16H,17H2,1-3H3,(H,29,32)(H,30,33). The highest BCUT2D eigenvalue weighted by atomic mass is 16.2. The van der Waals surface area contributed by atoms with Gasteiger partial charge in [-0.1, -0.05) is 63.2 Å². The fraction of sp³-hybridized carbons (Fsp3) is 0.185. The van der Waals surface area contributed by atoms with Gasteiger partial charge in [0, 0.05) is 10.9 Å². The highest BCUT2D eigenvalue weighted by molar-refractivity contribution is 6.07. The van der Waals surface area contributed by atoms with Crippen LogP contribution >= 0.6 is 0 Å². The van der Waals surface area contributed by atoms with Crippen LogP contribution in [0.3, 0.4) is 0 Å². The van der Waals surface area contributed by atoms with Gasteiger partial charge in [0.1, 0.15) is 6.54 Å². The van der Waals surface area contributed by atoms with Crippen molar-refractivity contribution in [3.8, 4) is 0 Å². The smallest absolute Gasteiger partial charge is 0.275 e. The van der Waals surface area contributed by atoms with Crippen LogP contribution < -0.4 is 16.2 Å². The van der Waals surface area contributed by atoms with Gasteiger partial charge in [0.15, 0.2) is 0 Å². The van der Waals surface area contributed by atoms with Crippen molar-refractivity contribution in [3.63, 3.8) is 0 Å². The van der Waals surface area contributed by atoms with Gasteiger partial charge in [-0.25, -0.2) is 4.68 Å². The summed E-state index contributed by atoms with van der Waals surface area (Å²) in [4.78, 5) is 38.1. The van der Waals surface area contributed by atoms with Crippen LogP contribution in [-0.4, -0.2) is 21.6 Å². The lowest BCUT2D eigenvalue weighted by molar-refractivity contribution is -0.117. The average molecular weight is 455 g/mol. The highest BCUT2D eigenvalue weighted by Crippen LogP contribution is 2.24. The Kier molecular flexibility index (Phi) is 6.27. The maximum Gasteiger partial charge on any atom is 0.275 e. The molecule has 0 fully saturated rings. The molecule has 1 heterocycles. The van der Waals surface area contributed by atoms with Crippen LogP contribution in [0.25, 0.3) is 10.8 Å². The quantitative estimate of drug-likeness (QED) is 0.461. The van der Waals surface area contributed by atoms with Gasteiger partial charge in [0.05, 0.1) is 23.0 Å². The predicted octanol–water partition coefficient (Wildman–Crippen LogP) is 4.59. The molecule has 0 atom stereocenters. The molecule has 1 aromatic heterocycles. The van der Waals surface area contributed by atoms with Crippen LogP contribution in [0.4, 0.5) is 11.4 Å². The monoisotopic (exact) mass is 454 g/mol. The van der Waals surface area contributed by atoms with E-state index in [4.69, 9.17) is 0 Å². The number of para-hydroxylation sites is 2. The summed E-state index contributed by atoms with van der Waals surface area (Å²) in [6.07, 6.45) is 1.56. The second-order valence-electron chi connectivity index (χ2n) is 9.07. The Balaban J connectivity index is 1.48. The maximum absolute atomic E-state index is 12.8. The number of nitrogens with zero attached hydrogens (tertiary/aromatic N) is 2. The van der Waals surface area contributed by atoms with Gasteiger partial charge >= 0.3 is 0 Å². The molecule has 4 aromatic rings. The molecule has 4 rings (SSSR count). The first-order valence-electron chi connectivity index (χ1n) is 11.0. The van der Waals surface area contributed by atoms with E-state index < -0.39 is 5.91 Å². The molecule has 3 aromatic carbocycles. The Labute approximate surface area is 197 Å². The fourth-order valence-corrected chi connectivity index (χ4v) is 3.58. The van der Waals surface area contributed by atoms with Crippen molar-refractivity contribution in [2.24, 2.45) is 0 Å². The van der Waals surface area contributed by atoms with E-state index in [0.29, 0.717) is 27.7 Å². The number of aromatic nitrogens is 2. The fourth-order valence-electron chi connectivity index (χ4n) is 3.58. The molecule has 7 nitrogen and oxygen atoms in total. The zero-order chi connectivity index (χ0) is 24.3. The molecule has 2 amide bonds. The van der Waals surface area contributed by atoms with Gasteiger partial charge in [0.2, 0.25) is 5.91 Å². The predicted molar refractivity (Wildman–Crippen MR) is 134 cm³/mol. The van der Waals surface area contributed by atoms with E-state index in [1.165, 1.54) is 0 Å². The molecule has 7 heteroatoms. The largest absolute Gasteiger partial charge is 0.323 e. The van der Waals surface area contributed by atoms with Crippen molar-refractivity contribution in [1.82, 2.24) is 9.78 Å². The summed E-state index contributed by atoms with van der Waals surface area (Å²) in [7, 11) is 0. The molecule has 0 saturated heterocycles. The van der Waals surface area contributed by atoms with Crippen LogP contribution in [0.1, 0.15) is 36.7 Å². The third-order valence-corrected chi connectivity index (χ3v) is 5.52. The van der Waals surface area contributed by atoms with Crippen LogP contribution in [0.5, 0.6) is 0 Å². The second kappa shape index (κ2) is 9.31. The first-order valence-corrected chi connectivity index (χ1v) is 11.0. The van der Waals surface area contributed by atoms with Gasteiger partial charge in [-0.15, -0.1) is 0 Å². The van der Waals surface area contributed by atoms with Gasteiger partial charge in [-0.3, -0.25) is 14.4 Å². The number of carbonyl (C=O) groups is 2. The third-order valence-electron chi connectivity index (χ3n) is 5.52. The molecule has 2 N–H and O–H groups in total. The minimum absolute atomic E-state index is 0.00620. The van der Waals surface area contributed by atoms with E-state index in [-0.39, 0.29) is 23.4 Å². The van der Waals surface area contributed by atoms with E-state index in [1.807, 2.05) is 18.2 Å². The average Bonchev–Trinajstić information content (AvgIpc) is 2.82. The molecule has 34 heavy (non-hydrogen) atoms. The summed E-state index contributed by atoms with van der Waals surface area (Å²) in [5.74, 6) is -0.712. The molecule has 0 aliphatic rings. The van der Waals surface area contributed by atoms with Crippen molar-refractivity contribution >= 4 is 34.0 Å². The molecule has 0 bridgehead atoms. The van der Waals surface area contributed by atoms with Gasteiger partial charge in [0.25, 0.3) is 11.5 Å². The van der Waals surface area contributed by atoms with Crippen molar-refractivity contribution in [2.75, 3.05) is 10.6 Å². The van der Waals surface area contributed by atoms with Gasteiger partial charge < -0.3 is 10.6 Å². The Morgan fingerprint density at radius 1 is 0.853 bits per heavy atom. The first-order chi connectivity index (χ1) is 16.2. The van der Waals surface area contributed by atoms with Crippen LogP contribution in [0.15, 0.2) is 83.8 Å². The summed E-state index contributed by atoms with van der Waals surface area (Å²) in [5.41, 5.74) is 2.19. The van der Waals surface area contributed by atoms with E-state index >= 15 is 0 Å². The molecular weight excluding hydrogens is 428 g/mol. The molecule has 0 aliphatic heterocycles. The number of nitrogens with one attached hydrogen (secondary N) is 2. The molecule has 0 radical (unpaired) electrons. The summed E-state index contributed by atoms with van der Waals surface area (Å²) < 4.78 is 1.12. The molecule has 0 spiro atoms. The Bertz CT molecular complexity index is 1420. The SMILES string of the molecule is CC(C)(C)c1ccc(C(=O)Nc2ccccc2NC(=O)Cn2ncc3ccccc3c2=O)cc1. The van der Waals surface area contributed by atoms with E-state index in [2.05, 4.69) is 36.5 Å². The molecule has 0 aliphatic carbocycles. The lowest BCUT2D eigenvalue weighted by Crippen LogP contribution is -2.29. The maximum atomic E-state index is 12.8. The number of carbonyl (C=O) groups excluding carboxylic acids is 2. The molecule has 0 unspecified atom stereocenters. The topological polar surface area (TPSA) is 93.1 Å². The van der Waals surface area contributed by atoms with E-state index in [0.717, 1.165) is 10.2 Å². The Hall–Kier alpha value is -4.26. The van der Waals surface area contributed by atoms with Crippen molar-refractivity contribution < 1.29 is 9.59 Å². The summed E-state index contributed by atoms with van der Waals surface area (Å²) >= 11 is 0. The number of rotatable bonds is 5. The summed E-state index contributed by atoms with van der Waals surface area (Å²) in [6.45, 7) is 6.09. The summed E-state index contributed by atoms with van der Waals surface area (Å²) in [6, 6.07) is 21.5. The zero-order valence-electron chi connectivity index (χ0n) is 19.3. The number of hydrogen-bond donors (Lipinski definition) is 2. The number of benzene rings is 3.